The Kier molecular flexibility index (Phi) is 6.88. The van der Waals surface area contributed by atoms with Gasteiger partial charge in [0.15, 0.2) is 0 Å². The minimum Gasteiger partial charge on any atom is -0.495 e. The van der Waals surface area contributed by atoms with E-state index in [1.165, 1.54) is 44.7 Å². The highest BCUT2D eigenvalue weighted by Gasteiger charge is 2.24. The molecule has 0 N–H and O–H groups in total. The summed E-state index contributed by atoms with van der Waals surface area (Å²) in [6.45, 7) is 1.91. The molecule has 0 atom stereocenters. The number of ether oxygens (including phenoxy) is 2. The monoisotopic (exact) mass is 492 g/mol. The Bertz CT molecular complexity index is 1430. The number of methoxy groups -OCH3 is 1. The van der Waals surface area contributed by atoms with Crippen LogP contribution >= 0.6 is 0 Å². The molecule has 1 aromatic heterocycles. The van der Waals surface area contributed by atoms with E-state index in [-0.39, 0.29) is 17.1 Å². The Morgan fingerprint density at radius 1 is 1.00 bits per heavy atom. The zero-order chi connectivity index (χ0) is 25.0. The Morgan fingerprint density at radius 2 is 1.69 bits per heavy atom. The van der Waals surface area contributed by atoms with Crippen LogP contribution in [0.15, 0.2) is 88.4 Å². The molecule has 0 spiro atoms. The Morgan fingerprint density at radius 3 is 2.37 bits per heavy atom. The van der Waals surface area contributed by atoms with Crippen molar-refractivity contribution in [2.24, 2.45) is 0 Å². The molecule has 0 bridgehead atoms. The predicted molar refractivity (Wildman–Crippen MR) is 131 cm³/mol. The van der Waals surface area contributed by atoms with Gasteiger partial charge in [-0.25, -0.2) is 18.2 Å². The maximum atomic E-state index is 13.1. The number of esters is 1. The normalized spacial score (nSPS) is 11.2. The Hall–Kier alpha value is -4.11. The standard InChI is InChI=1S/C26H24N2O6S/c1-18-8-10-19(11-9-18)25-27-21(16-33-25)17-34-26(29)20-12-14-22(15-13-20)35(30,31)28(2)23-6-4-5-7-24(23)32-3/h4-16H,17H2,1-3H3. The molecule has 0 saturated heterocycles. The number of aromatic nitrogens is 1. The van der Waals surface area contributed by atoms with Crippen molar-refractivity contribution in [2.45, 2.75) is 18.4 Å². The summed E-state index contributed by atoms with van der Waals surface area (Å²) in [5.41, 5.74) is 3.02. The molecule has 4 rings (SSSR count). The average Bonchev–Trinajstić information content (AvgIpc) is 3.36. The van der Waals surface area contributed by atoms with Crippen LogP contribution in [-0.2, 0) is 21.4 Å². The largest absolute Gasteiger partial charge is 0.495 e. The van der Waals surface area contributed by atoms with E-state index >= 15 is 0 Å². The summed E-state index contributed by atoms with van der Waals surface area (Å²) in [5, 5.41) is 0. The first-order valence-corrected chi connectivity index (χ1v) is 12.1. The number of sulfonamides is 1. The Labute approximate surface area is 203 Å². The van der Waals surface area contributed by atoms with Crippen molar-refractivity contribution in [1.29, 1.82) is 0 Å². The fraction of sp³-hybridized carbons (Fsp3) is 0.154. The van der Waals surface area contributed by atoms with Crippen molar-refractivity contribution in [3.05, 3.63) is 95.9 Å². The number of hydrogen-bond acceptors (Lipinski definition) is 7. The third-order valence-electron chi connectivity index (χ3n) is 5.37. The van der Waals surface area contributed by atoms with E-state index in [1.54, 1.807) is 24.3 Å². The minimum atomic E-state index is -3.87. The minimum absolute atomic E-state index is 0.0293. The fourth-order valence-corrected chi connectivity index (χ4v) is 4.57. The van der Waals surface area contributed by atoms with E-state index in [2.05, 4.69) is 4.98 Å². The van der Waals surface area contributed by atoms with E-state index in [9.17, 15) is 13.2 Å². The lowest BCUT2D eigenvalue weighted by Gasteiger charge is -2.21. The zero-order valence-electron chi connectivity index (χ0n) is 19.5. The highest BCUT2D eigenvalue weighted by Crippen LogP contribution is 2.31. The molecule has 0 unspecified atom stereocenters. The molecule has 0 aliphatic rings. The van der Waals surface area contributed by atoms with E-state index in [0.717, 1.165) is 15.4 Å². The number of hydrogen-bond donors (Lipinski definition) is 0. The van der Waals surface area contributed by atoms with E-state index < -0.39 is 16.0 Å². The highest BCUT2D eigenvalue weighted by atomic mass is 32.2. The molecule has 0 amide bonds. The highest BCUT2D eigenvalue weighted by molar-refractivity contribution is 7.92. The van der Waals surface area contributed by atoms with Crippen molar-refractivity contribution >= 4 is 21.7 Å². The molecule has 8 nitrogen and oxygen atoms in total. The smallest absolute Gasteiger partial charge is 0.338 e. The lowest BCUT2D eigenvalue weighted by Crippen LogP contribution is -2.27. The van der Waals surface area contributed by atoms with Gasteiger partial charge in [0.2, 0.25) is 5.89 Å². The second-order valence-electron chi connectivity index (χ2n) is 7.75. The number of nitrogens with zero attached hydrogens (tertiary/aromatic N) is 2. The maximum absolute atomic E-state index is 13.1. The van der Waals surface area contributed by atoms with Gasteiger partial charge in [-0.3, -0.25) is 4.31 Å². The number of benzene rings is 3. The quantitative estimate of drug-likeness (QED) is 0.325. The van der Waals surface area contributed by atoms with E-state index in [4.69, 9.17) is 13.9 Å². The average molecular weight is 493 g/mol. The molecule has 4 aromatic rings. The van der Waals surface area contributed by atoms with Gasteiger partial charge in [-0.05, 0) is 55.5 Å². The van der Waals surface area contributed by atoms with Gasteiger partial charge in [0, 0.05) is 12.6 Å². The van der Waals surface area contributed by atoms with Crippen molar-refractivity contribution in [2.75, 3.05) is 18.5 Å². The first-order valence-electron chi connectivity index (χ1n) is 10.7. The van der Waals surface area contributed by atoms with Crippen molar-refractivity contribution in [3.8, 4) is 17.2 Å². The molecule has 3 aromatic carbocycles. The molecular formula is C26H24N2O6S. The third-order valence-corrected chi connectivity index (χ3v) is 7.16. The summed E-state index contributed by atoms with van der Waals surface area (Å²) in [6, 6.07) is 20.1. The molecule has 0 fully saturated rings. The Balaban J connectivity index is 1.42. The fourth-order valence-electron chi connectivity index (χ4n) is 3.37. The van der Waals surface area contributed by atoms with Crippen molar-refractivity contribution < 1.29 is 27.1 Å². The topological polar surface area (TPSA) is 98.9 Å². The second kappa shape index (κ2) is 10.0. The second-order valence-corrected chi connectivity index (χ2v) is 9.72. The molecule has 0 aliphatic carbocycles. The molecular weight excluding hydrogens is 468 g/mol. The number of carbonyl (C=O) groups is 1. The third kappa shape index (κ3) is 5.20. The van der Waals surface area contributed by atoms with Crippen LogP contribution in [0.4, 0.5) is 5.69 Å². The van der Waals surface area contributed by atoms with Crippen LogP contribution in [0.25, 0.3) is 11.5 Å². The van der Waals surface area contributed by atoms with Gasteiger partial charge in [0.1, 0.15) is 24.3 Å². The van der Waals surface area contributed by atoms with Gasteiger partial charge >= 0.3 is 5.97 Å². The predicted octanol–water partition coefficient (Wildman–Crippen LogP) is 4.84. The van der Waals surface area contributed by atoms with Gasteiger partial charge in [0.25, 0.3) is 10.0 Å². The summed E-state index contributed by atoms with van der Waals surface area (Å²) in [4.78, 5) is 16.9. The molecule has 9 heteroatoms. The van der Waals surface area contributed by atoms with E-state index in [0.29, 0.717) is 23.0 Å². The van der Waals surface area contributed by atoms with E-state index in [1.807, 2.05) is 31.2 Å². The molecule has 35 heavy (non-hydrogen) atoms. The lowest BCUT2D eigenvalue weighted by molar-refractivity contribution is 0.0467. The summed E-state index contributed by atoms with van der Waals surface area (Å²) in [5.74, 6) is 0.258. The number of aryl methyl sites for hydroxylation is 1. The zero-order valence-corrected chi connectivity index (χ0v) is 20.3. The summed E-state index contributed by atoms with van der Waals surface area (Å²) in [7, 11) is -0.953. The summed E-state index contributed by atoms with van der Waals surface area (Å²) >= 11 is 0. The van der Waals surface area contributed by atoms with Crippen molar-refractivity contribution in [1.82, 2.24) is 4.98 Å². The van der Waals surface area contributed by atoms with Gasteiger partial charge in [-0.15, -0.1) is 0 Å². The van der Waals surface area contributed by atoms with Gasteiger partial charge < -0.3 is 13.9 Å². The number of anilines is 1. The van der Waals surface area contributed by atoms with Gasteiger partial charge in [0.05, 0.1) is 23.3 Å². The number of rotatable bonds is 8. The van der Waals surface area contributed by atoms with Gasteiger partial charge in [-0.2, -0.15) is 0 Å². The van der Waals surface area contributed by atoms with Crippen LogP contribution in [0.5, 0.6) is 5.75 Å². The molecule has 1 heterocycles. The number of para-hydroxylation sites is 2. The number of carbonyl (C=O) groups excluding carboxylic acids is 1. The first kappa shape index (κ1) is 24.0. The summed E-state index contributed by atoms with van der Waals surface area (Å²) in [6.07, 6.45) is 1.44. The van der Waals surface area contributed by atoms with Crippen LogP contribution < -0.4 is 9.04 Å². The molecule has 180 valence electrons. The van der Waals surface area contributed by atoms with Crippen LogP contribution in [0, 0.1) is 6.92 Å². The van der Waals surface area contributed by atoms with Crippen molar-refractivity contribution in [3.63, 3.8) is 0 Å². The maximum Gasteiger partial charge on any atom is 0.338 e. The molecule has 0 radical (unpaired) electrons. The molecule has 0 saturated carbocycles. The number of oxazole rings is 1. The van der Waals surface area contributed by atoms with Crippen LogP contribution in [0.1, 0.15) is 21.6 Å². The van der Waals surface area contributed by atoms with Crippen LogP contribution in [0.3, 0.4) is 0 Å². The SMILES string of the molecule is COc1ccccc1N(C)S(=O)(=O)c1ccc(C(=O)OCc2coc(-c3ccc(C)cc3)n2)cc1. The lowest BCUT2D eigenvalue weighted by atomic mass is 10.1. The molecule has 0 aliphatic heterocycles. The van der Waals surface area contributed by atoms with Gasteiger partial charge in [-0.1, -0.05) is 29.8 Å². The van der Waals surface area contributed by atoms with Crippen LogP contribution in [-0.4, -0.2) is 33.5 Å². The first-order chi connectivity index (χ1) is 16.8. The van der Waals surface area contributed by atoms with Crippen LogP contribution in [0.2, 0.25) is 0 Å². The summed E-state index contributed by atoms with van der Waals surface area (Å²) < 4.78 is 43.3.